The van der Waals surface area contributed by atoms with E-state index in [1.165, 1.54) is 16.9 Å². The van der Waals surface area contributed by atoms with Gasteiger partial charge in [0.15, 0.2) is 22.4 Å². The van der Waals surface area contributed by atoms with Gasteiger partial charge in [0.2, 0.25) is 0 Å². The molecule has 1 unspecified atom stereocenters. The van der Waals surface area contributed by atoms with E-state index in [-0.39, 0.29) is 5.91 Å². The maximum Gasteiger partial charge on any atom is 0.507 e. The van der Waals surface area contributed by atoms with Crippen LogP contribution in [-0.2, 0) is 11.3 Å². The number of thioether (sulfide) groups is 1. The Labute approximate surface area is 195 Å². The quantitative estimate of drug-likeness (QED) is 0.561. The van der Waals surface area contributed by atoms with Crippen molar-refractivity contribution in [3.05, 3.63) is 63.5 Å². The zero-order valence-electron chi connectivity index (χ0n) is 17.8. The second kappa shape index (κ2) is 8.30. The Balaban J connectivity index is 1.64. The summed E-state index contributed by atoms with van der Waals surface area (Å²) in [6.45, 7) is 0.292. The van der Waals surface area contributed by atoms with Crippen LogP contribution in [0.4, 0.5) is 10.5 Å². The Hall–Kier alpha value is -2.77. The number of hydrogen-bond donors (Lipinski definition) is 0. The highest BCUT2D eigenvalue weighted by Crippen LogP contribution is 2.50. The van der Waals surface area contributed by atoms with Gasteiger partial charge in [0.1, 0.15) is 12.3 Å². The molecule has 32 heavy (non-hydrogen) atoms. The highest BCUT2D eigenvalue weighted by Gasteiger charge is 2.55. The molecule has 3 amide bonds. The van der Waals surface area contributed by atoms with Gasteiger partial charge in [0.05, 0.1) is 14.2 Å². The standard InChI is InChI=1S/C24H22ClN2O4S/c1-30-15-10-11-18(19(12-15)31-2)27-22(28)21-16-7-5-9-20(16)32-23(21)26(24(27)29)13-14-6-3-4-8-17(14)25/h3-4,6,8,10-12,21H,5,7,9,13H2,1-2H3/q+1. The first-order valence-corrected chi connectivity index (χ1v) is 11.6. The maximum absolute atomic E-state index is 13.8. The van der Waals surface area contributed by atoms with Crippen molar-refractivity contribution in [3.8, 4) is 11.5 Å². The Bertz CT molecular complexity index is 1210. The first-order chi connectivity index (χ1) is 15.5. The van der Waals surface area contributed by atoms with E-state index in [0.717, 1.165) is 35.4 Å². The van der Waals surface area contributed by atoms with E-state index < -0.39 is 11.9 Å². The van der Waals surface area contributed by atoms with E-state index in [1.807, 2.05) is 24.3 Å². The smallest absolute Gasteiger partial charge is 0.497 e. The minimum atomic E-state index is -0.440. The van der Waals surface area contributed by atoms with E-state index in [1.54, 1.807) is 41.6 Å². The fourth-order valence-electron chi connectivity index (χ4n) is 4.53. The summed E-state index contributed by atoms with van der Waals surface area (Å²) >= 11 is 7.99. The summed E-state index contributed by atoms with van der Waals surface area (Å²) < 4.78 is 12.5. The number of urea groups is 1. The van der Waals surface area contributed by atoms with Crippen LogP contribution in [0.3, 0.4) is 0 Å². The van der Waals surface area contributed by atoms with Gasteiger partial charge >= 0.3 is 11.9 Å². The number of rotatable bonds is 5. The maximum atomic E-state index is 13.8. The van der Waals surface area contributed by atoms with E-state index in [2.05, 4.69) is 0 Å². The van der Waals surface area contributed by atoms with Gasteiger partial charge < -0.3 is 9.47 Å². The molecule has 0 saturated carbocycles. The number of carbonyl (C=O) groups is 2. The Morgan fingerprint density at radius 3 is 2.69 bits per heavy atom. The molecule has 0 aromatic heterocycles. The van der Waals surface area contributed by atoms with E-state index in [9.17, 15) is 9.59 Å². The van der Waals surface area contributed by atoms with Crippen molar-refractivity contribution in [1.82, 2.24) is 0 Å². The summed E-state index contributed by atoms with van der Waals surface area (Å²) in [5.74, 6) is 0.311. The van der Waals surface area contributed by atoms with E-state index in [4.69, 9.17) is 21.1 Å². The number of benzene rings is 2. The fraction of sp³-hybridized carbons (Fsp3) is 0.292. The number of anilines is 1. The monoisotopic (exact) mass is 469 g/mol. The van der Waals surface area contributed by atoms with Gasteiger partial charge in [-0.25, -0.2) is 4.79 Å². The minimum Gasteiger partial charge on any atom is -0.497 e. The van der Waals surface area contributed by atoms with Gasteiger partial charge in [0, 0.05) is 16.7 Å². The van der Waals surface area contributed by atoms with Gasteiger partial charge in [-0.05, 0) is 47.9 Å². The summed E-state index contributed by atoms with van der Waals surface area (Å²) in [5.41, 5.74) is 2.38. The van der Waals surface area contributed by atoms with Crippen molar-refractivity contribution < 1.29 is 23.6 Å². The van der Waals surface area contributed by atoms with Gasteiger partial charge in [-0.2, -0.15) is 9.37 Å². The molecule has 2 heterocycles. The molecule has 0 bridgehead atoms. The molecule has 0 N–H and O–H groups in total. The van der Waals surface area contributed by atoms with Crippen LogP contribution in [0, 0.1) is 5.92 Å². The van der Waals surface area contributed by atoms with Crippen LogP contribution in [-0.4, -0.2) is 35.8 Å². The first kappa shape index (κ1) is 21.1. The fourth-order valence-corrected chi connectivity index (χ4v) is 6.19. The van der Waals surface area contributed by atoms with E-state index >= 15 is 0 Å². The number of ether oxygens (including phenoxy) is 2. The predicted octanol–water partition coefficient (Wildman–Crippen LogP) is 5.24. The van der Waals surface area contributed by atoms with E-state index in [0.29, 0.717) is 28.8 Å². The number of fused-ring (bicyclic) bond motifs is 2. The van der Waals surface area contributed by atoms with Crippen molar-refractivity contribution in [1.29, 1.82) is 0 Å². The predicted molar refractivity (Wildman–Crippen MR) is 125 cm³/mol. The molecule has 2 aliphatic heterocycles. The number of allylic oxidation sites excluding steroid dienone is 1. The third kappa shape index (κ3) is 3.31. The normalized spacial score (nSPS) is 20.1. The third-order valence-corrected chi connectivity index (χ3v) is 7.85. The molecular formula is C24H22ClN2O4S+. The zero-order chi connectivity index (χ0) is 22.4. The molecule has 164 valence electrons. The molecule has 0 fully saturated rings. The van der Waals surface area contributed by atoms with Crippen LogP contribution < -0.4 is 14.4 Å². The molecule has 1 aliphatic carbocycles. The molecule has 0 radical (unpaired) electrons. The molecular weight excluding hydrogens is 448 g/mol. The first-order valence-electron chi connectivity index (χ1n) is 10.4. The molecule has 8 heteroatoms. The van der Waals surface area contributed by atoms with Crippen molar-refractivity contribution in [3.63, 3.8) is 0 Å². The van der Waals surface area contributed by atoms with Crippen LogP contribution in [0.5, 0.6) is 11.5 Å². The molecule has 2 aromatic rings. The van der Waals surface area contributed by atoms with Crippen LogP contribution in [0.2, 0.25) is 5.02 Å². The van der Waals surface area contributed by atoms with Gasteiger partial charge in [-0.1, -0.05) is 41.6 Å². The van der Waals surface area contributed by atoms with Crippen molar-refractivity contribution in [2.45, 2.75) is 25.8 Å². The Kier molecular flexibility index (Phi) is 5.47. The molecule has 0 spiro atoms. The number of carbonyl (C=O) groups excluding carboxylic acids is 2. The Morgan fingerprint density at radius 1 is 1.12 bits per heavy atom. The average Bonchev–Trinajstić information content (AvgIpc) is 3.39. The van der Waals surface area contributed by atoms with Crippen LogP contribution >= 0.6 is 23.4 Å². The number of hydrogen-bond acceptors (Lipinski definition) is 5. The summed E-state index contributed by atoms with van der Waals surface area (Å²) in [6, 6.07) is 12.2. The van der Waals surface area contributed by atoms with Crippen LogP contribution in [0.15, 0.2) is 52.9 Å². The van der Waals surface area contributed by atoms with Crippen molar-refractivity contribution in [2.24, 2.45) is 5.92 Å². The topological polar surface area (TPSA) is 58.8 Å². The SMILES string of the molecule is COc1ccc(N2C(=O)C3C4=C(CCC4)SC3=[N+](Cc3ccccc3Cl)C2=O)c(OC)c1. The Morgan fingerprint density at radius 2 is 1.94 bits per heavy atom. The third-order valence-electron chi connectivity index (χ3n) is 6.10. The minimum absolute atomic E-state index is 0.233. The van der Waals surface area contributed by atoms with Gasteiger partial charge in [0.25, 0.3) is 0 Å². The average molecular weight is 470 g/mol. The molecule has 0 saturated heterocycles. The second-order valence-electron chi connectivity index (χ2n) is 7.85. The highest BCUT2D eigenvalue weighted by atomic mass is 35.5. The molecule has 3 aliphatic rings. The lowest BCUT2D eigenvalue weighted by atomic mass is 9.96. The summed E-state index contributed by atoms with van der Waals surface area (Å²) in [4.78, 5) is 30.0. The lowest BCUT2D eigenvalue weighted by Crippen LogP contribution is -2.53. The van der Waals surface area contributed by atoms with Crippen LogP contribution in [0.25, 0.3) is 0 Å². The largest absolute Gasteiger partial charge is 0.507 e. The number of nitrogens with zero attached hydrogens (tertiary/aromatic N) is 2. The lowest BCUT2D eigenvalue weighted by molar-refractivity contribution is -0.443. The van der Waals surface area contributed by atoms with Gasteiger partial charge in [-0.15, -0.1) is 4.90 Å². The second-order valence-corrected chi connectivity index (χ2v) is 9.37. The number of methoxy groups -OCH3 is 2. The highest BCUT2D eigenvalue weighted by molar-refractivity contribution is 8.17. The van der Waals surface area contributed by atoms with Crippen LogP contribution in [0.1, 0.15) is 24.8 Å². The lowest BCUT2D eigenvalue weighted by Gasteiger charge is -2.26. The van der Waals surface area contributed by atoms with Crippen molar-refractivity contribution >= 4 is 46.0 Å². The molecule has 2 aromatic carbocycles. The zero-order valence-corrected chi connectivity index (χ0v) is 19.3. The molecule has 6 nitrogen and oxygen atoms in total. The molecule has 5 rings (SSSR count). The van der Waals surface area contributed by atoms with Crippen molar-refractivity contribution in [2.75, 3.05) is 19.1 Å². The number of amides is 3. The van der Waals surface area contributed by atoms with Gasteiger partial charge in [-0.3, -0.25) is 0 Å². The summed E-state index contributed by atoms with van der Waals surface area (Å²) in [6.07, 6.45) is 2.87. The summed E-state index contributed by atoms with van der Waals surface area (Å²) in [7, 11) is 3.07. The number of imide groups is 1. The molecule has 1 atom stereocenters. The number of halogens is 1. The summed E-state index contributed by atoms with van der Waals surface area (Å²) in [5, 5.41) is 1.37.